The summed E-state index contributed by atoms with van der Waals surface area (Å²) in [4.78, 5) is 14.8. The van der Waals surface area contributed by atoms with E-state index in [1.54, 1.807) is 0 Å². The fourth-order valence-corrected chi connectivity index (χ4v) is 5.05. The molecule has 0 spiro atoms. The van der Waals surface area contributed by atoms with Gasteiger partial charge in [-0.25, -0.2) is 0 Å². The number of quaternary nitrogens is 2. The number of rotatable bonds is 4. The number of carbonyl (C=O) groups is 1. The molecule has 120 valence electrons. The molecule has 4 saturated heterocycles. The number of Topliss-reactive ketones (excluding diaryl/α,β-unsaturated/α-hetero) is 1. The average molecular weight is 302 g/mol. The predicted molar refractivity (Wildman–Crippen MR) is 71.5 cm³/mol. The molecule has 4 heterocycles. The third kappa shape index (κ3) is 2.07. The molecule has 4 aliphatic heterocycles. The zero-order valence-electron chi connectivity index (χ0n) is 12.5. The first-order valence-corrected chi connectivity index (χ1v) is 7.61. The normalized spacial score (nSPS) is 49.2. The van der Waals surface area contributed by atoms with Crippen molar-refractivity contribution in [3.05, 3.63) is 0 Å². The van der Waals surface area contributed by atoms with Gasteiger partial charge in [0.05, 0.1) is 32.8 Å². The van der Waals surface area contributed by atoms with Crippen LogP contribution in [0.5, 0.6) is 0 Å². The highest BCUT2D eigenvalue weighted by atomic mass is 16.4. The van der Waals surface area contributed by atoms with Gasteiger partial charge in [-0.3, -0.25) is 14.6 Å². The van der Waals surface area contributed by atoms with Crippen molar-refractivity contribution in [3.63, 3.8) is 0 Å². The van der Waals surface area contributed by atoms with E-state index in [0.29, 0.717) is 32.0 Å². The van der Waals surface area contributed by atoms with E-state index in [9.17, 15) is 20.1 Å². The highest BCUT2D eigenvalue weighted by Gasteiger charge is 2.69. The predicted octanol–water partition coefficient (Wildman–Crippen LogP) is -5.22. The van der Waals surface area contributed by atoms with E-state index in [-0.39, 0.29) is 17.0 Å². The third-order valence-electron chi connectivity index (χ3n) is 5.72. The second kappa shape index (κ2) is 4.71. The maximum absolute atomic E-state index is 12.6. The van der Waals surface area contributed by atoms with Gasteiger partial charge in [0, 0.05) is 0 Å². The maximum Gasteiger partial charge on any atom is 0.242 e. The average Bonchev–Trinajstić information content (AvgIpc) is 2.41. The number of aliphatic hydroxyl groups excluding tert-OH is 4. The summed E-state index contributed by atoms with van der Waals surface area (Å²) < 4.78 is 0. The lowest BCUT2D eigenvalue weighted by atomic mass is 9.61. The van der Waals surface area contributed by atoms with Crippen LogP contribution in [0.15, 0.2) is 0 Å². The van der Waals surface area contributed by atoms with Crippen molar-refractivity contribution in [1.29, 1.82) is 0 Å². The lowest BCUT2D eigenvalue weighted by Gasteiger charge is -2.59. The van der Waals surface area contributed by atoms with Crippen molar-refractivity contribution in [3.8, 4) is 0 Å². The van der Waals surface area contributed by atoms with Crippen molar-refractivity contribution in [2.75, 3.05) is 32.8 Å². The van der Waals surface area contributed by atoms with Crippen LogP contribution in [-0.4, -0.2) is 83.5 Å². The van der Waals surface area contributed by atoms with Crippen LogP contribution in [0.3, 0.4) is 0 Å². The summed E-state index contributed by atoms with van der Waals surface area (Å²) in [6.07, 6.45) is -4.07. The Kier molecular flexibility index (Phi) is 3.44. The van der Waals surface area contributed by atoms with Crippen LogP contribution in [-0.2, 0) is 4.79 Å². The van der Waals surface area contributed by atoms with E-state index in [1.807, 2.05) is 13.8 Å². The Bertz CT molecular complexity index is 417. The molecule has 0 unspecified atom stereocenters. The van der Waals surface area contributed by atoms with E-state index >= 15 is 0 Å². The van der Waals surface area contributed by atoms with Gasteiger partial charge in [-0.2, -0.15) is 0 Å². The summed E-state index contributed by atoms with van der Waals surface area (Å²) in [5.41, 5.74) is -0.709. The van der Waals surface area contributed by atoms with Crippen LogP contribution in [0.4, 0.5) is 0 Å². The molecule has 0 aromatic heterocycles. The van der Waals surface area contributed by atoms with Gasteiger partial charge in [-0.1, -0.05) is 0 Å². The molecule has 7 nitrogen and oxygen atoms in total. The van der Waals surface area contributed by atoms with Gasteiger partial charge >= 0.3 is 0 Å². The lowest BCUT2D eigenvalue weighted by molar-refractivity contribution is -1.17. The molecule has 0 amide bonds. The summed E-state index contributed by atoms with van der Waals surface area (Å²) >= 11 is 0. The van der Waals surface area contributed by atoms with Gasteiger partial charge in [0.2, 0.25) is 6.17 Å². The van der Waals surface area contributed by atoms with E-state index in [0.717, 1.165) is 9.80 Å². The molecular weight excluding hydrogens is 276 g/mol. The Morgan fingerprint density at radius 2 is 1.52 bits per heavy atom. The molecule has 0 aliphatic carbocycles. The molecule has 4 fully saturated rings. The molecule has 4 rings (SSSR count). The van der Waals surface area contributed by atoms with Gasteiger partial charge < -0.3 is 20.4 Å². The fraction of sp³-hybridized carbons (Fsp3) is 0.929. The second-order valence-corrected chi connectivity index (χ2v) is 7.68. The fourth-order valence-electron chi connectivity index (χ4n) is 5.05. The Balaban J connectivity index is 1.84. The van der Waals surface area contributed by atoms with Crippen molar-refractivity contribution >= 4 is 5.78 Å². The summed E-state index contributed by atoms with van der Waals surface area (Å²) in [7, 11) is 0. The minimum atomic E-state index is -1.37. The largest absolute Gasteiger partial charge is 0.394 e. The molecule has 4 aliphatic rings. The number of aliphatic hydroxyl groups is 4. The molecule has 4 bridgehead atoms. The zero-order valence-corrected chi connectivity index (χ0v) is 12.5. The Labute approximate surface area is 123 Å². The smallest absolute Gasteiger partial charge is 0.242 e. The molecule has 0 saturated carbocycles. The zero-order chi connectivity index (χ0) is 15.6. The van der Waals surface area contributed by atoms with Crippen LogP contribution < -0.4 is 9.80 Å². The summed E-state index contributed by atoms with van der Waals surface area (Å²) in [5.74, 6) is 0.325. The van der Waals surface area contributed by atoms with Crippen LogP contribution in [0, 0.1) is 10.8 Å². The van der Waals surface area contributed by atoms with E-state index in [4.69, 9.17) is 5.11 Å². The maximum atomic E-state index is 12.6. The van der Waals surface area contributed by atoms with Crippen molar-refractivity contribution in [2.24, 2.45) is 10.8 Å². The first kappa shape index (κ1) is 15.3. The van der Waals surface area contributed by atoms with Gasteiger partial charge in [0.15, 0.2) is 11.9 Å². The van der Waals surface area contributed by atoms with E-state index in [1.165, 1.54) is 0 Å². The van der Waals surface area contributed by atoms with Gasteiger partial charge in [-0.15, -0.1) is 0 Å². The van der Waals surface area contributed by atoms with Gasteiger partial charge in [0.25, 0.3) is 0 Å². The third-order valence-corrected chi connectivity index (χ3v) is 5.72. The molecular formula is C14H26N2O5+2. The topological polar surface area (TPSA) is 107 Å². The molecule has 0 aromatic rings. The number of nitrogens with one attached hydrogen (secondary N) is 2. The number of hydrogen-bond donors (Lipinski definition) is 6. The molecule has 21 heavy (non-hydrogen) atoms. The molecule has 7 heteroatoms. The monoisotopic (exact) mass is 302 g/mol. The highest BCUT2D eigenvalue weighted by molar-refractivity contribution is 5.91. The molecule has 3 atom stereocenters. The number of carbonyl (C=O) groups excluding carboxylic acids is 1. The quantitative estimate of drug-likeness (QED) is 0.311. The number of ketones is 1. The highest BCUT2D eigenvalue weighted by Crippen LogP contribution is 2.34. The van der Waals surface area contributed by atoms with Crippen LogP contribution in [0.2, 0.25) is 0 Å². The summed E-state index contributed by atoms with van der Waals surface area (Å²) in [5, 5.41) is 38.9. The number of piperidine rings is 2. The summed E-state index contributed by atoms with van der Waals surface area (Å²) in [6.45, 7) is 6.05. The minimum Gasteiger partial charge on any atom is -0.394 e. The second-order valence-electron chi connectivity index (χ2n) is 7.68. The Morgan fingerprint density at radius 1 is 1.10 bits per heavy atom. The molecule has 0 aromatic carbocycles. The first-order chi connectivity index (χ1) is 9.72. The summed E-state index contributed by atoms with van der Waals surface area (Å²) in [6, 6.07) is 0. The van der Waals surface area contributed by atoms with Crippen LogP contribution >= 0.6 is 0 Å². The van der Waals surface area contributed by atoms with Gasteiger partial charge in [0.1, 0.15) is 23.0 Å². The van der Waals surface area contributed by atoms with Crippen LogP contribution in [0.1, 0.15) is 13.8 Å². The standard InChI is InChI=1S/C14H24N2O5/c1-13-4-15-6-14(2,12(13)21)7-16(5-13)11(15)10(20)9(19)8(18)3-17/h8-11,17-20H,3-7H2,1-2H3/p+2/t8-,9+,10+,11?,13?,14?/m0/s1. The Hall–Kier alpha value is -0.570. The molecule has 6 N–H and O–H groups in total. The van der Waals surface area contributed by atoms with Crippen LogP contribution in [0.25, 0.3) is 0 Å². The number of hydrogen-bond acceptors (Lipinski definition) is 5. The van der Waals surface area contributed by atoms with Crippen molar-refractivity contribution in [2.45, 2.75) is 38.3 Å². The Morgan fingerprint density at radius 3 is 1.90 bits per heavy atom. The van der Waals surface area contributed by atoms with Gasteiger partial charge in [-0.05, 0) is 13.8 Å². The van der Waals surface area contributed by atoms with E-state index < -0.39 is 24.9 Å². The molecule has 0 radical (unpaired) electrons. The minimum absolute atomic E-state index is 0.254. The first-order valence-electron chi connectivity index (χ1n) is 7.61. The van der Waals surface area contributed by atoms with E-state index in [2.05, 4.69) is 0 Å². The lowest BCUT2D eigenvalue weighted by Crippen LogP contribution is -3.46. The van der Waals surface area contributed by atoms with Crippen molar-refractivity contribution in [1.82, 2.24) is 0 Å². The van der Waals surface area contributed by atoms with Crippen molar-refractivity contribution < 1.29 is 35.0 Å². The SMILES string of the molecule is CC12C[NH+]3CC(C)(C[NH+](C1)C3[C@H](O)[C@H](O)[C@@H](O)CO)C2=O.